The highest BCUT2D eigenvalue weighted by Gasteiger charge is 2.55. The molecule has 4 rings (SSSR count). The fraction of sp³-hybridized carbons (Fsp3) is 0.360. The molecule has 0 fully saturated rings. The minimum absolute atomic E-state index is 0.102. The summed E-state index contributed by atoms with van der Waals surface area (Å²) in [5.41, 5.74) is -4.67. The van der Waals surface area contributed by atoms with Gasteiger partial charge >= 0.3 is 11.9 Å². The highest BCUT2D eigenvalue weighted by Crippen LogP contribution is 2.44. The van der Waals surface area contributed by atoms with Crippen molar-refractivity contribution in [3.05, 3.63) is 58.2 Å². The van der Waals surface area contributed by atoms with Gasteiger partial charge in [-0.15, -0.1) is 0 Å². The molecular weight excluding hydrogens is 500 g/mol. The molecule has 2 aliphatic rings. The monoisotopic (exact) mass is 520 g/mol. The van der Waals surface area contributed by atoms with Crippen LogP contribution in [0.4, 0.5) is 17.6 Å². The van der Waals surface area contributed by atoms with Crippen LogP contribution in [-0.2, 0) is 30.1 Å². The van der Waals surface area contributed by atoms with E-state index in [9.17, 15) is 27.2 Å². The number of hydrogen-bond acceptors (Lipinski definition) is 8. The second kappa shape index (κ2) is 10.3. The van der Waals surface area contributed by atoms with Crippen LogP contribution in [0.5, 0.6) is 11.5 Å². The minimum Gasteiger partial charge on any atom is -0.493 e. The van der Waals surface area contributed by atoms with E-state index >= 15 is 0 Å². The quantitative estimate of drug-likeness (QED) is 0.435. The Labute approximate surface area is 208 Å². The molecule has 0 saturated heterocycles. The van der Waals surface area contributed by atoms with Gasteiger partial charge in [-0.25, -0.2) is 22.4 Å². The van der Waals surface area contributed by atoms with Gasteiger partial charge in [0, 0.05) is 29.7 Å². The third-order valence-electron chi connectivity index (χ3n) is 6.16. The Kier molecular flexibility index (Phi) is 7.63. The van der Waals surface area contributed by atoms with Gasteiger partial charge < -0.3 is 18.9 Å². The van der Waals surface area contributed by atoms with Gasteiger partial charge in [-0.05, 0) is 19.1 Å². The molecule has 12 heteroatoms. The smallest absolute Gasteiger partial charge is 0.351 e. The van der Waals surface area contributed by atoms with Gasteiger partial charge in [-0.3, -0.25) is 4.79 Å². The summed E-state index contributed by atoms with van der Waals surface area (Å²) in [6, 6.07) is 7.25. The van der Waals surface area contributed by atoms with Crippen LogP contribution in [0, 0.1) is 34.3 Å². The van der Waals surface area contributed by atoms with Crippen molar-refractivity contribution in [1.29, 1.82) is 10.5 Å². The predicted octanol–water partition coefficient (Wildman–Crippen LogP) is 3.68. The van der Waals surface area contributed by atoms with Crippen molar-refractivity contribution in [3.8, 4) is 23.6 Å². The Hall–Kier alpha value is -4.32. The maximum atomic E-state index is 14.6. The number of benzene rings is 2. The number of nitrogens with zero attached hydrogens (tertiary/aromatic N) is 2. The van der Waals surface area contributed by atoms with Crippen LogP contribution >= 0.6 is 0 Å². The first kappa shape index (κ1) is 27.3. The first-order chi connectivity index (χ1) is 17.5. The first-order valence-electron chi connectivity index (χ1n) is 10.7. The molecule has 0 radical (unpaired) electrons. The van der Waals surface area contributed by atoms with Crippen molar-refractivity contribution in [2.24, 2.45) is 0 Å². The van der Waals surface area contributed by atoms with Crippen LogP contribution in [0.2, 0.25) is 0 Å². The molecule has 0 saturated carbocycles. The van der Waals surface area contributed by atoms with Crippen LogP contribution in [-0.4, -0.2) is 45.5 Å². The third-order valence-corrected chi connectivity index (χ3v) is 6.16. The second-order valence-corrected chi connectivity index (χ2v) is 8.28. The Morgan fingerprint density at radius 3 is 1.97 bits per heavy atom. The molecule has 0 amide bonds. The summed E-state index contributed by atoms with van der Waals surface area (Å²) in [5.74, 6) is -3.48. The van der Waals surface area contributed by atoms with Crippen LogP contribution in [0.15, 0.2) is 24.3 Å². The summed E-state index contributed by atoms with van der Waals surface area (Å²) in [6.07, 6.45) is -1.87. The van der Waals surface area contributed by atoms with Gasteiger partial charge in [0.05, 0.1) is 37.4 Å². The normalized spacial score (nSPS) is 23.2. The summed E-state index contributed by atoms with van der Waals surface area (Å²) in [4.78, 5) is 23.4. The van der Waals surface area contributed by atoms with Crippen LogP contribution in [0.3, 0.4) is 0 Å². The van der Waals surface area contributed by atoms with E-state index < -0.39 is 58.6 Å². The molecule has 2 aromatic rings. The lowest BCUT2D eigenvalue weighted by atomic mass is 9.77. The molecule has 2 aliphatic heterocycles. The highest BCUT2D eigenvalue weighted by atomic mass is 19.2. The fourth-order valence-electron chi connectivity index (χ4n) is 4.01. The van der Waals surface area contributed by atoms with Gasteiger partial charge in [-0.1, -0.05) is 0 Å². The van der Waals surface area contributed by atoms with Gasteiger partial charge in [0.25, 0.3) is 5.67 Å². The van der Waals surface area contributed by atoms with E-state index in [0.29, 0.717) is 24.3 Å². The number of carbonyl (C=O) groups is 2. The lowest BCUT2D eigenvalue weighted by Gasteiger charge is -2.33. The van der Waals surface area contributed by atoms with Crippen LogP contribution in [0.1, 0.15) is 35.6 Å². The molecular formula is C25H20F4N2O6. The summed E-state index contributed by atoms with van der Waals surface area (Å²) < 4.78 is 74.4. The van der Waals surface area contributed by atoms with E-state index in [1.54, 1.807) is 13.0 Å². The molecule has 3 unspecified atom stereocenters. The van der Waals surface area contributed by atoms with Crippen molar-refractivity contribution in [3.63, 3.8) is 0 Å². The van der Waals surface area contributed by atoms with Gasteiger partial charge in [-0.2, -0.15) is 10.5 Å². The SMILES string of the molecule is COC(=O)C1(C)CCOc2cc(F)c(C#N)cc21.COC(=O)C1(F)c2cc(C#N)c(F)cc2OCC1F. The van der Waals surface area contributed by atoms with Gasteiger partial charge in [0.15, 0.2) is 6.17 Å². The zero-order valence-electron chi connectivity index (χ0n) is 19.9. The highest BCUT2D eigenvalue weighted by molar-refractivity contribution is 5.84. The number of fused-ring (bicyclic) bond motifs is 2. The standard InChI is InChI=1S/C13H12FNO3.C12H8F3NO3/c1-13(12(16)17-2)3-4-18-11-6-10(14)8(7-15)5-9(11)13;1-18-11(17)12(15)7-2-6(4-16)8(13)3-9(7)19-5-10(12)14/h5-6H,3-4H2,1-2H3;2-3,10H,5H2,1H3. The van der Waals surface area contributed by atoms with E-state index in [2.05, 4.69) is 4.74 Å². The first-order valence-corrected chi connectivity index (χ1v) is 10.7. The Morgan fingerprint density at radius 2 is 1.46 bits per heavy atom. The van der Waals surface area contributed by atoms with E-state index in [1.807, 2.05) is 0 Å². The van der Waals surface area contributed by atoms with E-state index in [4.69, 9.17) is 24.7 Å². The molecule has 0 N–H and O–H groups in total. The number of esters is 2. The average Bonchev–Trinajstić information content (AvgIpc) is 2.89. The van der Waals surface area contributed by atoms with Crippen LogP contribution in [0.25, 0.3) is 0 Å². The topological polar surface area (TPSA) is 119 Å². The summed E-state index contributed by atoms with van der Waals surface area (Å²) in [6.45, 7) is 1.27. The Balaban J connectivity index is 0.000000206. The Bertz CT molecular complexity index is 1340. The largest absolute Gasteiger partial charge is 0.493 e. The molecule has 8 nitrogen and oxygen atoms in total. The van der Waals surface area contributed by atoms with Crippen LogP contribution < -0.4 is 9.47 Å². The van der Waals surface area contributed by atoms with Gasteiger partial charge in [0.1, 0.15) is 41.9 Å². The third kappa shape index (κ3) is 4.62. The molecule has 2 aromatic carbocycles. The molecule has 2 heterocycles. The van der Waals surface area contributed by atoms with E-state index in [1.165, 1.54) is 19.2 Å². The molecule has 3 atom stereocenters. The van der Waals surface area contributed by atoms with Crippen molar-refractivity contribution in [1.82, 2.24) is 0 Å². The number of nitriles is 2. The number of hydrogen-bond donors (Lipinski definition) is 0. The van der Waals surface area contributed by atoms with Crippen molar-refractivity contribution in [2.45, 2.75) is 30.6 Å². The second-order valence-electron chi connectivity index (χ2n) is 8.28. The number of alkyl halides is 2. The van der Waals surface area contributed by atoms with Crippen molar-refractivity contribution in [2.75, 3.05) is 27.4 Å². The zero-order valence-corrected chi connectivity index (χ0v) is 19.9. The summed E-state index contributed by atoms with van der Waals surface area (Å²) >= 11 is 0. The number of methoxy groups -OCH3 is 2. The molecule has 37 heavy (non-hydrogen) atoms. The van der Waals surface area contributed by atoms with E-state index in [0.717, 1.165) is 25.3 Å². The molecule has 0 aliphatic carbocycles. The number of carbonyl (C=O) groups excluding carboxylic acids is 2. The molecule has 0 aromatic heterocycles. The molecule has 194 valence electrons. The maximum absolute atomic E-state index is 14.6. The maximum Gasteiger partial charge on any atom is 0.351 e. The predicted molar refractivity (Wildman–Crippen MR) is 117 cm³/mol. The van der Waals surface area contributed by atoms with E-state index in [-0.39, 0.29) is 11.3 Å². The minimum atomic E-state index is -3.11. The zero-order chi connectivity index (χ0) is 27.5. The Morgan fingerprint density at radius 1 is 0.946 bits per heavy atom. The summed E-state index contributed by atoms with van der Waals surface area (Å²) in [7, 11) is 2.21. The lowest BCUT2D eigenvalue weighted by molar-refractivity contribution is -0.164. The van der Waals surface area contributed by atoms with Gasteiger partial charge in [0.2, 0.25) is 0 Å². The molecule has 0 spiro atoms. The van der Waals surface area contributed by atoms with Crippen molar-refractivity contribution >= 4 is 11.9 Å². The lowest BCUT2D eigenvalue weighted by Crippen LogP contribution is -2.47. The van der Waals surface area contributed by atoms with Crippen molar-refractivity contribution < 1.29 is 46.1 Å². The molecule has 0 bridgehead atoms. The number of halogens is 4. The average molecular weight is 520 g/mol. The number of ether oxygens (including phenoxy) is 4. The summed E-state index contributed by atoms with van der Waals surface area (Å²) in [5, 5.41) is 17.5. The number of rotatable bonds is 2. The fourth-order valence-corrected chi connectivity index (χ4v) is 4.01.